The van der Waals surface area contributed by atoms with Crippen LogP contribution in [0.25, 0.3) is 0 Å². The molecule has 0 spiro atoms. The lowest BCUT2D eigenvalue weighted by Crippen LogP contribution is -2.21. The van der Waals surface area contributed by atoms with Gasteiger partial charge in [-0.25, -0.2) is 4.98 Å². The first kappa shape index (κ1) is 15.5. The molecule has 2 aromatic rings. The van der Waals surface area contributed by atoms with Crippen molar-refractivity contribution in [3.8, 4) is 0 Å². The van der Waals surface area contributed by atoms with Crippen LogP contribution >= 0.6 is 11.6 Å². The standard InChI is InChI=1S/C16H21ClN4O/c1-2-15-18-16(20-19-15)9-21-7-12(10-22)14(8-21)11-3-5-13(17)6-4-11/h3-6,12,14,22H,2,7-10H2,1H3,(H,18,19,20)/t12-,14-/m0/s1. The number of halogens is 1. The fourth-order valence-electron chi connectivity index (χ4n) is 3.14. The number of hydrogen-bond acceptors (Lipinski definition) is 4. The number of aromatic nitrogens is 3. The summed E-state index contributed by atoms with van der Waals surface area (Å²) >= 11 is 5.96. The Bertz CT molecular complexity index is 613. The number of H-pyrrole nitrogens is 1. The maximum absolute atomic E-state index is 9.69. The highest BCUT2D eigenvalue weighted by atomic mass is 35.5. The smallest absolute Gasteiger partial charge is 0.150 e. The molecule has 1 aliphatic rings. The molecule has 1 aromatic heterocycles. The zero-order valence-corrected chi connectivity index (χ0v) is 13.4. The normalized spacial score (nSPS) is 22.3. The summed E-state index contributed by atoms with van der Waals surface area (Å²) in [6.45, 7) is 4.76. The van der Waals surface area contributed by atoms with Gasteiger partial charge in [0.2, 0.25) is 0 Å². The molecule has 1 fully saturated rings. The van der Waals surface area contributed by atoms with E-state index in [0.29, 0.717) is 5.92 Å². The van der Waals surface area contributed by atoms with Crippen molar-refractivity contribution >= 4 is 11.6 Å². The van der Waals surface area contributed by atoms with E-state index < -0.39 is 0 Å². The summed E-state index contributed by atoms with van der Waals surface area (Å²) in [6, 6.07) is 7.95. The number of nitrogens with one attached hydrogen (secondary N) is 1. The van der Waals surface area contributed by atoms with Gasteiger partial charge in [0.15, 0.2) is 0 Å². The number of hydrogen-bond donors (Lipinski definition) is 2. The van der Waals surface area contributed by atoms with E-state index >= 15 is 0 Å². The van der Waals surface area contributed by atoms with Crippen molar-refractivity contribution < 1.29 is 5.11 Å². The number of aryl methyl sites for hydroxylation is 1. The molecule has 2 heterocycles. The summed E-state index contributed by atoms with van der Waals surface area (Å²) in [5.41, 5.74) is 1.23. The molecule has 22 heavy (non-hydrogen) atoms. The third kappa shape index (κ3) is 3.32. The Morgan fingerprint density at radius 1 is 1.32 bits per heavy atom. The lowest BCUT2D eigenvalue weighted by molar-refractivity contribution is 0.213. The van der Waals surface area contributed by atoms with Gasteiger partial charge >= 0.3 is 0 Å². The first-order valence-corrected chi connectivity index (χ1v) is 8.06. The van der Waals surface area contributed by atoms with Crippen LogP contribution in [0.2, 0.25) is 5.02 Å². The van der Waals surface area contributed by atoms with E-state index in [1.807, 2.05) is 19.1 Å². The van der Waals surface area contributed by atoms with Gasteiger partial charge < -0.3 is 5.11 Å². The molecule has 1 aliphatic heterocycles. The monoisotopic (exact) mass is 320 g/mol. The third-order valence-electron chi connectivity index (χ3n) is 4.32. The number of rotatable bonds is 5. The van der Waals surface area contributed by atoms with E-state index in [1.54, 1.807) is 0 Å². The highest BCUT2D eigenvalue weighted by Crippen LogP contribution is 2.33. The zero-order valence-electron chi connectivity index (χ0n) is 12.7. The average Bonchev–Trinajstić information content (AvgIpc) is 3.15. The SMILES string of the molecule is CCc1n[nH]c(CN2C[C@@H](CO)[C@H](c3ccc(Cl)cc3)C2)n1. The van der Waals surface area contributed by atoms with Crippen LogP contribution in [0.3, 0.4) is 0 Å². The number of aliphatic hydroxyl groups excluding tert-OH is 1. The average molecular weight is 321 g/mol. The molecular formula is C16H21ClN4O. The van der Waals surface area contributed by atoms with E-state index in [1.165, 1.54) is 5.56 Å². The van der Waals surface area contributed by atoms with Gasteiger partial charge in [0.1, 0.15) is 11.6 Å². The van der Waals surface area contributed by atoms with Crippen molar-refractivity contribution in [1.29, 1.82) is 0 Å². The summed E-state index contributed by atoms with van der Waals surface area (Å²) < 4.78 is 0. The van der Waals surface area contributed by atoms with Crippen LogP contribution < -0.4 is 0 Å². The quantitative estimate of drug-likeness (QED) is 0.886. The van der Waals surface area contributed by atoms with Crippen LogP contribution in [0.15, 0.2) is 24.3 Å². The summed E-state index contributed by atoms with van der Waals surface area (Å²) in [5.74, 6) is 2.32. The Balaban J connectivity index is 1.70. The highest BCUT2D eigenvalue weighted by Gasteiger charge is 2.33. The molecule has 0 bridgehead atoms. The minimum absolute atomic E-state index is 0.195. The van der Waals surface area contributed by atoms with Gasteiger partial charge in [-0.3, -0.25) is 10.00 Å². The van der Waals surface area contributed by atoms with E-state index in [4.69, 9.17) is 11.6 Å². The molecule has 6 heteroatoms. The summed E-state index contributed by atoms with van der Waals surface area (Å²) in [7, 11) is 0. The maximum Gasteiger partial charge on any atom is 0.150 e. The lowest BCUT2D eigenvalue weighted by Gasteiger charge is -2.16. The van der Waals surface area contributed by atoms with Gasteiger partial charge in [-0.2, -0.15) is 5.10 Å². The van der Waals surface area contributed by atoms with Crippen molar-refractivity contribution in [2.45, 2.75) is 25.8 Å². The molecule has 0 saturated carbocycles. The largest absolute Gasteiger partial charge is 0.396 e. The van der Waals surface area contributed by atoms with Crippen LogP contribution in [-0.4, -0.2) is 44.9 Å². The Labute approximate surface area is 135 Å². The number of benzene rings is 1. The summed E-state index contributed by atoms with van der Waals surface area (Å²) in [5, 5.41) is 17.6. The molecule has 0 radical (unpaired) electrons. The van der Waals surface area contributed by atoms with Crippen molar-refractivity contribution in [2.75, 3.05) is 19.7 Å². The van der Waals surface area contributed by atoms with Crippen molar-refractivity contribution in [1.82, 2.24) is 20.1 Å². The van der Waals surface area contributed by atoms with E-state index in [9.17, 15) is 5.11 Å². The number of likely N-dealkylation sites (tertiary alicyclic amines) is 1. The number of nitrogens with zero attached hydrogens (tertiary/aromatic N) is 3. The predicted octanol–water partition coefficient (Wildman–Crippen LogP) is 2.23. The third-order valence-corrected chi connectivity index (χ3v) is 4.57. The fourth-order valence-corrected chi connectivity index (χ4v) is 3.26. The minimum atomic E-state index is 0.195. The van der Waals surface area contributed by atoms with Gasteiger partial charge in [0, 0.05) is 43.0 Å². The van der Waals surface area contributed by atoms with Gasteiger partial charge in [-0.1, -0.05) is 30.7 Å². The molecule has 5 nitrogen and oxygen atoms in total. The van der Waals surface area contributed by atoms with Gasteiger partial charge in [-0.05, 0) is 17.7 Å². The first-order valence-electron chi connectivity index (χ1n) is 7.68. The van der Waals surface area contributed by atoms with Crippen LogP contribution in [-0.2, 0) is 13.0 Å². The van der Waals surface area contributed by atoms with E-state index in [-0.39, 0.29) is 12.5 Å². The maximum atomic E-state index is 9.69. The minimum Gasteiger partial charge on any atom is -0.396 e. The molecule has 118 valence electrons. The molecule has 3 rings (SSSR count). The van der Waals surface area contributed by atoms with Crippen LogP contribution in [0.1, 0.15) is 30.1 Å². The molecule has 2 atom stereocenters. The lowest BCUT2D eigenvalue weighted by atomic mass is 9.90. The van der Waals surface area contributed by atoms with E-state index in [2.05, 4.69) is 32.2 Å². The molecule has 1 saturated heterocycles. The Morgan fingerprint density at radius 2 is 2.09 bits per heavy atom. The zero-order chi connectivity index (χ0) is 15.5. The highest BCUT2D eigenvalue weighted by molar-refractivity contribution is 6.30. The molecule has 2 N–H and O–H groups in total. The van der Waals surface area contributed by atoms with Crippen LogP contribution in [0.5, 0.6) is 0 Å². The fraction of sp³-hybridized carbons (Fsp3) is 0.500. The molecule has 0 aliphatic carbocycles. The number of aliphatic hydroxyl groups is 1. The van der Waals surface area contributed by atoms with Crippen molar-refractivity contribution in [3.63, 3.8) is 0 Å². The first-order chi connectivity index (χ1) is 10.7. The van der Waals surface area contributed by atoms with Crippen LogP contribution in [0, 0.1) is 5.92 Å². The topological polar surface area (TPSA) is 65.0 Å². The van der Waals surface area contributed by atoms with Gasteiger partial charge in [-0.15, -0.1) is 0 Å². The van der Waals surface area contributed by atoms with Crippen molar-refractivity contribution in [3.05, 3.63) is 46.5 Å². The molecule has 0 amide bonds. The van der Waals surface area contributed by atoms with Gasteiger partial charge in [0.05, 0.1) is 6.54 Å². The van der Waals surface area contributed by atoms with Crippen LogP contribution in [0.4, 0.5) is 0 Å². The Kier molecular flexibility index (Phi) is 4.76. The Hall–Kier alpha value is -1.43. The van der Waals surface area contributed by atoms with Gasteiger partial charge in [0.25, 0.3) is 0 Å². The molecule has 1 aromatic carbocycles. The summed E-state index contributed by atoms with van der Waals surface area (Å²) in [6.07, 6.45) is 0.836. The second kappa shape index (κ2) is 6.77. The van der Waals surface area contributed by atoms with E-state index in [0.717, 1.165) is 42.7 Å². The molecule has 0 unspecified atom stereocenters. The second-order valence-electron chi connectivity index (χ2n) is 5.85. The van der Waals surface area contributed by atoms with Crippen molar-refractivity contribution in [2.24, 2.45) is 5.92 Å². The second-order valence-corrected chi connectivity index (χ2v) is 6.28. The predicted molar refractivity (Wildman–Crippen MR) is 85.8 cm³/mol. The summed E-state index contributed by atoms with van der Waals surface area (Å²) in [4.78, 5) is 6.78. The molecular weight excluding hydrogens is 300 g/mol. The Morgan fingerprint density at radius 3 is 2.73 bits per heavy atom. The number of aromatic amines is 1.